The van der Waals surface area contributed by atoms with Gasteiger partial charge in [0.15, 0.2) is 20.0 Å². The molecule has 2 aromatic rings. The van der Waals surface area contributed by atoms with Gasteiger partial charge in [0.25, 0.3) is 5.91 Å². The molecule has 0 spiro atoms. The van der Waals surface area contributed by atoms with E-state index in [-0.39, 0.29) is 10.9 Å². The van der Waals surface area contributed by atoms with E-state index >= 15 is 0 Å². The van der Waals surface area contributed by atoms with Gasteiger partial charge in [-0.3, -0.25) is 10.1 Å². The van der Waals surface area contributed by atoms with Gasteiger partial charge in [-0.15, -0.1) is 11.3 Å². The summed E-state index contributed by atoms with van der Waals surface area (Å²) in [5, 5.41) is 3.16. The van der Waals surface area contributed by atoms with Crippen molar-refractivity contribution in [2.24, 2.45) is 5.92 Å². The number of anilines is 1. The van der Waals surface area contributed by atoms with Crippen molar-refractivity contribution in [2.45, 2.75) is 30.7 Å². The molecule has 0 aliphatic heterocycles. The summed E-state index contributed by atoms with van der Waals surface area (Å²) in [5.41, 5.74) is 1.05. The van der Waals surface area contributed by atoms with Crippen molar-refractivity contribution in [1.29, 1.82) is 0 Å². The first-order chi connectivity index (χ1) is 12.3. The summed E-state index contributed by atoms with van der Waals surface area (Å²) in [6, 6.07) is 3.03. The Labute approximate surface area is 158 Å². The smallest absolute Gasteiger partial charge is 0.257 e. The summed E-state index contributed by atoms with van der Waals surface area (Å²) in [5.74, 6) is 0.0202. The van der Waals surface area contributed by atoms with E-state index in [0.717, 1.165) is 31.9 Å². The molecule has 2 aromatic heterocycles. The number of nitrogens with zero attached hydrogens (tertiary/aromatic N) is 2. The van der Waals surface area contributed by atoms with Crippen molar-refractivity contribution in [1.82, 2.24) is 9.97 Å². The van der Waals surface area contributed by atoms with Gasteiger partial charge in [-0.05, 0) is 35.7 Å². The van der Waals surface area contributed by atoms with E-state index in [1.807, 2.05) is 6.08 Å². The van der Waals surface area contributed by atoms with Gasteiger partial charge >= 0.3 is 0 Å². The van der Waals surface area contributed by atoms with Gasteiger partial charge < -0.3 is 0 Å². The maximum Gasteiger partial charge on any atom is 0.257 e. The van der Waals surface area contributed by atoms with Gasteiger partial charge in [0, 0.05) is 29.8 Å². The van der Waals surface area contributed by atoms with Gasteiger partial charge in [0.05, 0.1) is 0 Å². The second kappa shape index (κ2) is 7.71. The van der Waals surface area contributed by atoms with E-state index in [1.165, 1.54) is 29.8 Å². The van der Waals surface area contributed by atoms with Crippen LogP contribution in [-0.2, 0) is 14.6 Å². The van der Waals surface area contributed by atoms with Crippen LogP contribution in [0.15, 0.2) is 35.6 Å². The lowest BCUT2D eigenvalue weighted by atomic mass is 9.99. The van der Waals surface area contributed by atoms with Crippen LogP contribution in [0.25, 0.3) is 5.57 Å². The van der Waals surface area contributed by atoms with Crippen LogP contribution in [-0.4, -0.2) is 38.4 Å². The van der Waals surface area contributed by atoms with Crippen molar-refractivity contribution in [3.63, 3.8) is 0 Å². The summed E-state index contributed by atoms with van der Waals surface area (Å²) in [4.78, 5) is 20.8. The minimum absolute atomic E-state index is 0.0189. The third-order valence-corrected chi connectivity index (χ3v) is 5.96. The van der Waals surface area contributed by atoms with Gasteiger partial charge in [-0.1, -0.05) is 18.9 Å². The lowest BCUT2D eigenvalue weighted by molar-refractivity contribution is -0.111. The number of rotatable bonds is 5. The second-order valence-corrected chi connectivity index (χ2v) is 9.33. The summed E-state index contributed by atoms with van der Waals surface area (Å²) in [6.07, 6.45) is 10.3. The number of hydrogen-bond donors (Lipinski definition) is 1. The molecule has 1 N–H and O–H groups in total. The number of amides is 1. The number of hydrogen-bond acceptors (Lipinski definition) is 6. The second-order valence-electron chi connectivity index (χ2n) is 6.30. The van der Waals surface area contributed by atoms with Crippen LogP contribution in [0.2, 0.25) is 0 Å². The zero-order valence-corrected chi connectivity index (χ0v) is 15.9. The maximum atomic E-state index is 12.8. The predicted molar refractivity (Wildman–Crippen MR) is 103 cm³/mol. The molecule has 26 heavy (non-hydrogen) atoms. The lowest BCUT2D eigenvalue weighted by Gasteiger charge is -2.11. The molecular weight excluding hydrogens is 369 g/mol. The van der Waals surface area contributed by atoms with Crippen LogP contribution in [0.1, 0.15) is 31.2 Å². The Hall–Kier alpha value is -2.00. The quantitative estimate of drug-likeness (QED) is 0.626. The molecule has 2 heterocycles. The fraction of sp³-hybridized carbons (Fsp3) is 0.353. The van der Waals surface area contributed by atoms with Gasteiger partial charge in [-0.2, -0.15) is 0 Å². The maximum absolute atomic E-state index is 12.8. The highest BCUT2D eigenvalue weighted by Gasteiger charge is 2.20. The summed E-state index contributed by atoms with van der Waals surface area (Å²) in [7, 11) is 2.27. The highest BCUT2D eigenvalue weighted by atomic mass is 32.2. The lowest BCUT2D eigenvalue weighted by Crippen LogP contribution is -2.15. The van der Waals surface area contributed by atoms with E-state index in [0.29, 0.717) is 27.0 Å². The Morgan fingerprint density at radius 1 is 1.27 bits per heavy atom. The number of aromatic nitrogens is 2. The molecule has 0 aromatic carbocycles. The van der Waals surface area contributed by atoms with Gasteiger partial charge in [-0.25, -0.2) is 18.4 Å². The van der Waals surface area contributed by atoms with Crippen LogP contribution >= 0.6 is 11.3 Å². The van der Waals surface area contributed by atoms with Crippen molar-refractivity contribution in [3.8, 4) is 0 Å². The number of carbonyl (C=O) groups is 1. The number of thiazole rings is 1. The molecule has 1 amide bonds. The molecule has 9 heteroatoms. The molecule has 2 radical (unpaired) electrons. The first-order valence-electron chi connectivity index (χ1n) is 8.24. The number of carbonyl (C=O) groups excluding carboxylic acids is 1. The van der Waals surface area contributed by atoms with E-state index in [4.69, 9.17) is 7.85 Å². The van der Waals surface area contributed by atoms with Gasteiger partial charge in [0.2, 0.25) is 0 Å². The van der Waals surface area contributed by atoms with Crippen LogP contribution in [0.4, 0.5) is 5.13 Å². The molecule has 0 unspecified atom stereocenters. The van der Waals surface area contributed by atoms with Crippen LogP contribution in [0, 0.1) is 5.92 Å². The minimum Gasteiger partial charge on any atom is -0.298 e. The summed E-state index contributed by atoms with van der Waals surface area (Å²) >= 11 is 1.19. The molecule has 0 bridgehead atoms. The molecule has 134 valence electrons. The van der Waals surface area contributed by atoms with E-state index < -0.39 is 9.84 Å². The van der Waals surface area contributed by atoms with Crippen molar-refractivity contribution < 1.29 is 13.2 Å². The molecule has 1 aliphatic rings. The Kier molecular flexibility index (Phi) is 5.57. The number of nitrogens with one attached hydrogen (secondary N) is 1. The fourth-order valence-electron chi connectivity index (χ4n) is 2.93. The zero-order valence-electron chi connectivity index (χ0n) is 14.3. The molecule has 3 rings (SSSR count). The van der Waals surface area contributed by atoms with Gasteiger partial charge in [0.1, 0.15) is 7.85 Å². The topological polar surface area (TPSA) is 89.0 Å². The van der Waals surface area contributed by atoms with Crippen LogP contribution in [0.3, 0.4) is 0 Å². The molecule has 1 fully saturated rings. The van der Waals surface area contributed by atoms with Crippen molar-refractivity contribution in [2.75, 3.05) is 11.6 Å². The standard InChI is InChI=1S/C17H18BN3O3S2/c1-26(23,24)15-7-6-12(9-19-15)13(8-11-4-2-3-5-11)16(22)21-17-20-10-14(18)25-17/h6-11H,2-5H2,1H3,(H,20,21,22)/b13-8+. The normalized spacial score (nSPS) is 16.0. The first kappa shape index (κ1) is 18.8. The summed E-state index contributed by atoms with van der Waals surface area (Å²) < 4.78 is 23.7. The molecular formula is C17H18BN3O3S2. The molecule has 0 atom stereocenters. The highest BCUT2D eigenvalue weighted by Crippen LogP contribution is 2.30. The number of allylic oxidation sites excluding steroid dienone is 1. The van der Waals surface area contributed by atoms with Crippen LogP contribution in [0.5, 0.6) is 0 Å². The predicted octanol–water partition coefficient (Wildman–Crippen LogP) is 1.95. The van der Waals surface area contributed by atoms with Crippen molar-refractivity contribution in [3.05, 3.63) is 36.2 Å². The third kappa shape index (κ3) is 4.59. The average Bonchev–Trinajstić information content (AvgIpc) is 3.23. The Balaban J connectivity index is 1.91. The summed E-state index contributed by atoms with van der Waals surface area (Å²) in [6.45, 7) is 0. The van der Waals surface area contributed by atoms with E-state index in [9.17, 15) is 13.2 Å². The monoisotopic (exact) mass is 387 g/mol. The van der Waals surface area contributed by atoms with Crippen LogP contribution < -0.4 is 10.1 Å². The fourth-order valence-corrected chi connectivity index (χ4v) is 4.07. The number of pyridine rings is 1. The van der Waals surface area contributed by atoms with E-state index in [1.54, 1.807) is 6.07 Å². The minimum atomic E-state index is -3.39. The highest BCUT2D eigenvalue weighted by molar-refractivity contribution is 7.90. The zero-order chi connectivity index (χ0) is 18.7. The Bertz CT molecular complexity index is 930. The Morgan fingerprint density at radius 2 is 2.00 bits per heavy atom. The van der Waals surface area contributed by atoms with E-state index in [2.05, 4.69) is 15.3 Å². The first-order valence-corrected chi connectivity index (χ1v) is 10.9. The number of sulfone groups is 1. The average molecular weight is 387 g/mol. The van der Waals surface area contributed by atoms with Crippen molar-refractivity contribution >= 4 is 50.4 Å². The molecule has 1 saturated carbocycles. The SMILES string of the molecule is [B]c1cnc(NC(=O)/C(=C/C2CCCC2)c2ccc(S(C)(=O)=O)nc2)s1. The molecule has 0 saturated heterocycles. The third-order valence-electron chi connectivity index (χ3n) is 4.22. The largest absolute Gasteiger partial charge is 0.298 e. The molecule has 1 aliphatic carbocycles. The molecule has 6 nitrogen and oxygen atoms in total. The Morgan fingerprint density at radius 3 is 2.54 bits per heavy atom.